The van der Waals surface area contributed by atoms with Crippen molar-refractivity contribution in [3.63, 3.8) is 0 Å². The van der Waals surface area contributed by atoms with Crippen LogP contribution < -0.4 is 10.2 Å². The van der Waals surface area contributed by atoms with E-state index in [9.17, 15) is 0 Å². The van der Waals surface area contributed by atoms with Gasteiger partial charge in [0.25, 0.3) is 0 Å². The van der Waals surface area contributed by atoms with E-state index in [1.54, 1.807) is 6.33 Å². The van der Waals surface area contributed by atoms with Crippen LogP contribution in [0.4, 0.5) is 5.82 Å². The fourth-order valence-corrected chi connectivity index (χ4v) is 3.35. The van der Waals surface area contributed by atoms with Gasteiger partial charge in [-0.05, 0) is 38.8 Å². The molecule has 106 valence electrons. The third-order valence-corrected chi connectivity index (χ3v) is 4.43. The van der Waals surface area contributed by atoms with Crippen molar-refractivity contribution in [1.29, 1.82) is 0 Å². The summed E-state index contributed by atoms with van der Waals surface area (Å²) < 4.78 is 2.11. The molecule has 0 aliphatic carbocycles. The fourth-order valence-electron chi connectivity index (χ4n) is 3.35. The van der Waals surface area contributed by atoms with Gasteiger partial charge in [-0.3, -0.25) is 0 Å². The minimum atomic E-state index is 0.468. The molecule has 2 fully saturated rings. The van der Waals surface area contributed by atoms with E-state index in [1.807, 2.05) is 6.20 Å². The molecule has 0 unspecified atom stereocenters. The number of nitrogens with zero attached hydrogens (tertiary/aromatic N) is 5. The van der Waals surface area contributed by atoms with E-state index in [2.05, 4.69) is 30.0 Å². The molecule has 0 atom stereocenters. The Morgan fingerprint density at radius 3 is 2.70 bits per heavy atom. The first-order chi connectivity index (χ1) is 9.93. The highest BCUT2D eigenvalue weighted by Gasteiger charge is 2.22. The molecule has 4 heterocycles. The van der Waals surface area contributed by atoms with E-state index < -0.39 is 0 Å². The van der Waals surface area contributed by atoms with Crippen molar-refractivity contribution in [3.8, 4) is 0 Å². The van der Waals surface area contributed by atoms with Crippen molar-refractivity contribution in [3.05, 3.63) is 12.5 Å². The molecule has 4 rings (SSSR count). The lowest BCUT2D eigenvalue weighted by atomic mass is 10.1. The van der Waals surface area contributed by atoms with Crippen LogP contribution in [0.5, 0.6) is 0 Å². The smallest absolute Gasteiger partial charge is 0.163 e. The Labute approximate surface area is 118 Å². The summed E-state index contributed by atoms with van der Waals surface area (Å²) in [5, 5.41) is 9.11. The van der Waals surface area contributed by atoms with Crippen LogP contribution >= 0.6 is 0 Å². The molecular formula is C14H20N6. The standard InChI is InChI=1S/C14H20N6/c1-2-8-19(7-1)13-12-9-18-20(14(12)17-10-16-13)11-3-5-15-6-4-11/h9-11,15H,1-8H2. The second-order valence-corrected chi connectivity index (χ2v) is 5.70. The van der Waals surface area contributed by atoms with E-state index in [0.29, 0.717) is 6.04 Å². The number of hydrogen-bond donors (Lipinski definition) is 1. The highest BCUT2D eigenvalue weighted by atomic mass is 15.3. The largest absolute Gasteiger partial charge is 0.356 e. The summed E-state index contributed by atoms with van der Waals surface area (Å²) in [6.07, 6.45) is 8.40. The Morgan fingerprint density at radius 2 is 1.90 bits per heavy atom. The molecule has 0 bridgehead atoms. The van der Waals surface area contributed by atoms with Crippen LogP contribution in [-0.4, -0.2) is 45.9 Å². The Balaban J connectivity index is 1.75. The molecule has 0 aromatic carbocycles. The van der Waals surface area contributed by atoms with Crippen LogP contribution in [0.3, 0.4) is 0 Å². The summed E-state index contributed by atoms with van der Waals surface area (Å²) in [5.41, 5.74) is 0.994. The molecule has 0 saturated carbocycles. The third kappa shape index (κ3) is 1.95. The monoisotopic (exact) mass is 272 g/mol. The molecule has 1 N–H and O–H groups in total. The third-order valence-electron chi connectivity index (χ3n) is 4.43. The zero-order valence-corrected chi connectivity index (χ0v) is 11.6. The fraction of sp³-hybridized carbons (Fsp3) is 0.643. The van der Waals surface area contributed by atoms with Crippen LogP contribution in [0.1, 0.15) is 31.7 Å². The molecule has 2 aliphatic rings. The first-order valence-corrected chi connectivity index (χ1v) is 7.57. The molecule has 20 heavy (non-hydrogen) atoms. The molecule has 6 nitrogen and oxygen atoms in total. The topological polar surface area (TPSA) is 58.9 Å². The Hall–Kier alpha value is -1.69. The van der Waals surface area contributed by atoms with Gasteiger partial charge in [0, 0.05) is 13.1 Å². The lowest BCUT2D eigenvalue weighted by Gasteiger charge is -2.23. The van der Waals surface area contributed by atoms with Gasteiger partial charge in [0.2, 0.25) is 0 Å². The Morgan fingerprint density at radius 1 is 1.10 bits per heavy atom. The number of fused-ring (bicyclic) bond motifs is 1. The molecular weight excluding hydrogens is 252 g/mol. The minimum Gasteiger partial charge on any atom is -0.356 e. The number of nitrogens with one attached hydrogen (secondary N) is 1. The summed E-state index contributed by atoms with van der Waals surface area (Å²) in [4.78, 5) is 11.3. The van der Waals surface area contributed by atoms with Crippen LogP contribution in [0.25, 0.3) is 11.0 Å². The van der Waals surface area contributed by atoms with E-state index in [1.165, 1.54) is 12.8 Å². The summed E-state index contributed by atoms with van der Waals surface area (Å²) in [6, 6.07) is 0.468. The van der Waals surface area contributed by atoms with Crippen LogP contribution in [-0.2, 0) is 0 Å². The number of rotatable bonds is 2. The predicted molar refractivity (Wildman–Crippen MR) is 77.9 cm³/mol. The van der Waals surface area contributed by atoms with Crippen molar-refractivity contribution < 1.29 is 0 Å². The van der Waals surface area contributed by atoms with Gasteiger partial charge >= 0.3 is 0 Å². The second kappa shape index (κ2) is 5.01. The highest BCUT2D eigenvalue weighted by molar-refractivity contribution is 5.86. The summed E-state index contributed by atoms with van der Waals surface area (Å²) in [5.74, 6) is 1.06. The molecule has 2 aliphatic heterocycles. The normalized spacial score (nSPS) is 20.9. The van der Waals surface area contributed by atoms with Crippen molar-refractivity contribution >= 4 is 16.9 Å². The predicted octanol–water partition coefficient (Wildman–Crippen LogP) is 1.35. The van der Waals surface area contributed by atoms with Gasteiger partial charge in [-0.1, -0.05) is 0 Å². The summed E-state index contributed by atoms with van der Waals surface area (Å²) in [7, 11) is 0. The molecule has 2 aromatic heterocycles. The summed E-state index contributed by atoms with van der Waals surface area (Å²) in [6.45, 7) is 4.33. The SMILES string of the molecule is c1nc(N2CCCC2)c2cnn(C3CCNCC3)c2n1. The minimum absolute atomic E-state index is 0.468. The van der Waals surface area contributed by atoms with Crippen LogP contribution in [0.2, 0.25) is 0 Å². The average Bonchev–Trinajstić information content (AvgIpc) is 3.17. The number of piperidine rings is 1. The Bertz CT molecular complexity index is 595. The zero-order valence-electron chi connectivity index (χ0n) is 11.6. The molecule has 0 spiro atoms. The zero-order chi connectivity index (χ0) is 13.4. The molecule has 0 amide bonds. The van der Waals surface area contributed by atoms with Crippen molar-refractivity contribution in [1.82, 2.24) is 25.1 Å². The number of anilines is 1. The number of aromatic nitrogens is 4. The van der Waals surface area contributed by atoms with E-state index in [-0.39, 0.29) is 0 Å². The average molecular weight is 272 g/mol. The van der Waals surface area contributed by atoms with Crippen LogP contribution in [0.15, 0.2) is 12.5 Å². The lowest BCUT2D eigenvalue weighted by Crippen LogP contribution is -2.30. The van der Waals surface area contributed by atoms with Gasteiger partial charge in [-0.25, -0.2) is 14.6 Å². The summed E-state index contributed by atoms with van der Waals surface area (Å²) >= 11 is 0. The van der Waals surface area contributed by atoms with Crippen molar-refractivity contribution in [2.75, 3.05) is 31.1 Å². The van der Waals surface area contributed by atoms with Gasteiger partial charge in [-0.15, -0.1) is 0 Å². The highest BCUT2D eigenvalue weighted by Crippen LogP contribution is 2.28. The Kier molecular flexibility index (Phi) is 3.03. The van der Waals surface area contributed by atoms with Gasteiger partial charge in [0.05, 0.1) is 17.6 Å². The first-order valence-electron chi connectivity index (χ1n) is 7.57. The van der Waals surface area contributed by atoms with Gasteiger partial charge in [0.1, 0.15) is 12.1 Å². The van der Waals surface area contributed by atoms with Crippen molar-refractivity contribution in [2.24, 2.45) is 0 Å². The maximum Gasteiger partial charge on any atom is 0.163 e. The molecule has 6 heteroatoms. The molecule has 0 radical (unpaired) electrons. The van der Waals surface area contributed by atoms with Gasteiger partial charge < -0.3 is 10.2 Å². The van der Waals surface area contributed by atoms with Gasteiger partial charge in [0.15, 0.2) is 5.65 Å². The van der Waals surface area contributed by atoms with Crippen LogP contribution in [0, 0.1) is 0 Å². The lowest BCUT2D eigenvalue weighted by molar-refractivity contribution is 0.349. The maximum absolute atomic E-state index is 4.61. The van der Waals surface area contributed by atoms with E-state index in [4.69, 9.17) is 0 Å². The van der Waals surface area contributed by atoms with Gasteiger partial charge in [-0.2, -0.15) is 5.10 Å². The number of hydrogen-bond acceptors (Lipinski definition) is 5. The molecule has 2 saturated heterocycles. The quantitative estimate of drug-likeness (QED) is 0.894. The second-order valence-electron chi connectivity index (χ2n) is 5.70. The van der Waals surface area contributed by atoms with Crippen molar-refractivity contribution in [2.45, 2.75) is 31.7 Å². The van der Waals surface area contributed by atoms with E-state index in [0.717, 1.165) is 55.9 Å². The maximum atomic E-state index is 4.61. The first kappa shape index (κ1) is 12.1. The molecule has 2 aromatic rings. The van der Waals surface area contributed by atoms with E-state index >= 15 is 0 Å².